The lowest BCUT2D eigenvalue weighted by molar-refractivity contribution is -0.217. The van der Waals surface area contributed by atoms with Crippen LogP contribution in [-0.2, 0) is 14.3 Å². The molecule has 1 saturated carbocycles. The minimum Gasteiger partial charge on any atom is -0.465 e. The van der Waals surface area contributed by atoms with Gasteiger partial charge in [0, 0.05) is 18.3 Å². The molecule has 2 fully saturated rings. The zero-order chi connectivity index (χ0) is 15.3. The Labute approximate surface area is 128 Å². The molecule has 0 aromatic carbocycles. The number of esters is 1. The van der Waals surface area contributed by atoms with Crippen molar-refractivity contribution >= 4 is 5.97 Å². The number of carbonyl (C=O) groups is 1. The predicted molar refractivity (Wildman–Crippen MR) is 81.8 cm³/mol. The molecule has 0 unspecified atom stereocenters. The Bertz CT molecular complexity index is 461. The van der Waals surface area contributed by atoms with Crippen LogP contribution in [0.4, 0.5) is 0 Å². The van der Waals surface area contributed by atoms with Crippen molar-refractivity contribution in [2.45, 2.75) is 59.0 Å². The van der Waals surface area contributed by atoms with Crippen molar-refractivity contribution in [1.29, 1.82) is 0 Å². The molecule has 0 amide bonds. The molecule has 0 N–H and O–H groups in total. The van der Waals surface area contributed by atoms with E-state index in [0.717, 1.165) is 6.61 Å². The van der Waals surface area contributed by atoms with Crippen LogP contribution >= 0.6 is 0 Å². The van der Waals surface area contributed by atoms with E-state index in [1.165, 1.54) is 38.2 Å². The molecule has 4 atom stereocenters. The number of hydrogen-bond acceptors (Lipinski definition) is 3. The van der Waals surface area contributed by atoms with Crippen molar-refractivity contribution in [2.75, 3.05) is 13.2 Å². The fraction of sp³-hybridized carbons (Fsp3) is 0.833. The molecule has 3 aliphatic rings. The van der Waals surface area contributed by atoms with Gasteiger partial charge in [0.05, 0.1) is 18.8 Å². The van der Waals surface area contributed by atoms with E-state index in [2.05, 4.69) is 26.8 Å². The summed E-state index contributed by atoms with van der Waals surface area (Å²) >= 11 is 0. The Hall–Kier alpha value is -0.830. The molecule has 1 aliphatic heterocycles. The van der Waals surface area contributed by atoms with E-state index >= 15 is 0 Å². The number of ether oxygens (including phenoxy) is 2. The number of fused-ring (bicyclic) bond motifs is 3. The summed E-state index contributed by atoms with van der Waals surface area (Å²) in [5.41, 5.74) is 1.49. The molecule has 2 bridgehead atoms. The highest BCUT2D eigenvalue weighted by Gasteiger charge is 2.60. The van der Waals surface area contributed by atoms with E-state index in [9.17, 15) is 4.79 Å². The first-order valence-electron chi connectivity index (χ1n) is 8.37. The molecule has 0 radical (unpaired) electrons. The number of rotatable bonds is 2. The van der Waals surface area contributed by atoms with Crippen molar-refractivity contribution in [1.82, 2.24) is 0 Å². The number of allylic oxidation sites excluding steroid dienone is 1. The molecule has 1 heterocycles. The largest absolute Gasteiger partial charge is 0.465 e. The van der Waals surface area contributed by atoms with Gasteiger partial charge in [-0.1, -0.05) is 38.3 Å². The second-order valence-electron chi connectivity index (χ2n) is 7.54. The highest BCUT2D eigenvalue weighted by atomic mass is 16.5. The van der Waals surface area contributed by atoms with Crippen LogP contribution in [-0.4, -0.2) is 24.8 Å². The molecule has 118 valence electrons. The zero-order valence-corrected chi connectivity index (χ0v) is 13.8. The van der Waals surface area contributed by atoms with Gasteiger partial charge in [-0.15, -0.1) is 0 Å². The van der Waals surface area contributed by atoms with Gasteiger partial charge in [-0.05, 0) is 31.6 Å². The normalized spacial score (nSPS) is 41.0. The highest BCUT2D eigenvalue weighted by Crippen LogP contribution is 2.59. The smallest absolute Gasteiger partial charge is 0.302 e. The fourth-order valence-corrected chi connectivity index (χ4v) is 5.28. The number of carbonyl (C=O) groups excluding carboxylic acids is 1. The van der Waals surface area contributed by atoms with Crippen molar-refractivity contribution in [2.24, 2.45) is 23.2 Å². The topological polar surface area (TPSA) is 35.5 Å². The molecule has 1 saturated heterocycles. The highest BCUT2D eigenvalue weighted by molar-refractivity contribution is 5.66. The van der Waals surface area contributed by atoms with Gasteiger partial charge in [-0.2, -0.15) is 0 Å². The molecule has 3 heteroatoms. The molecule has 1 spiro atoms. The first kappa shape index (κ1) is 15.1. The SMILES string of the molecule is CC(=O)OC[C@@]12COC3(CCCC3)[C@@H](C(C)=C[C@H]1C)[C@@H]2C. The van der Waals surface area contributed by atoms with E-state index < -0.39 is 0 Å². The van der Waals surface area contributed by atoms with E-state index in [1.807, 2.05) is 0 Å². The van der Waals surface area contributed by atoms with Crippen LogP contribution < -0.4 is 0 Å². The van der Waals surface area contributed by atoms with E-state index in [4.69, 9.17) is 9.47 Å². The molecule has 0 aromatic heterocycles. The molecular formula is C18H28O3. The van der Waals surface area contributed by atoms with Crippen LogP contribution in [0.25, 0.3) is 0 Å². The van der Waals surface area contributed by atoms with E-state index in [1.54, 1.807) is 0 Å². The van der Waals surface area contributed by atoms with Gasteiger partial charge in [0.25, 0.3) is 0 Å². The Balaban J connectivity index is 1.95. The minimum absolute atomic E-state index is 0.0519. The first-order chi connectivity index (χ1) is 9.91. The van der Waals surface area contributed by atoms with Gasteiger partial charge >= 0.3 is 5.97 Å². The summed E-state index contributed by atoms with van der Waals surface area (Å²) in [5.74, 6) is 1.19. The van der Waals surface area contributed by atoms with Gasteiger partial charge in [-0.25, -0.2) is 0 Å². The average molecular weight is 292 g/mol. The van der Waals surface area contributed by atoms with Crippen LogP contribution in [0.15, 0.2) is 11.6 Å². The maximum atomic E-state index is 11.3. The summed E-state index contributed by atoms with van der Waals surface area (Å²) in [4.78, 5) is 11.3. The predicted octanol–water partition coefficient (Wildman–Crippen LogP) is 3.73. The van der Waals surface area contributed by atoms with Crippen LogP contribution in [0.1, 0.15) is 53.4 Å². The van der Waals surface area contributed by atoms with Gasteiger partial charge in [0.15, 0.2) is 0 Å². The van der Waals surface area contributed by atoms with Crippen molar-refractivity contribution in [3.8, 4) is 0 Å². The molecule has 3 rings (SSSR count). The molecule has 0 aromatic rings. The third kappa shape index (κ3) is 2.16. The average Bonchev–Trinajstić information content (AvgIpc) is 2.86. The summed E-state index contributed by atoms with van der Waals surface area (Å²) in [5, 5.41) is 0. The lowest BCUT2D eigenvalue weighted by Gasteiger charge is -2.59. The van der Waals surface area contributed by atoms with Crippen molar-refractivity contribution in [3.05, 3.63) is 11.6 Å². The van der Waals surface area contributed by atoms with Crippen LogP contribution in [0.2, 0.25) is 0 Å². The molecule has 3 nitrogen and oxygen atoms in total. The third-order valence-corrected chi connectivity index (χ3v) is 6.51. The summed E-state index contributed by atoms with van der Waals surface area (Å²) < 4.78 is 11.9. The van der Waals surface area contributed by atoms with Crippen LogP contribution in [0.3, 0.4) is 0 Å². The lowest BCUT2D eigenvalue weighted by Crippen LogP contribution is -2.61. The third-order valence-electron chi connectivity index (χ3n) is 6.51. The van der Waals surface area contributed by atoms with E-state index in [0.29, 0.717) is 24.4 Å². The second kappa shape index (κ2) is 5.12. The molecule has 2 aliphatic carbocycles. The zero-order valence-electron chi connectivity index (χ0n) is 13.8. The van der Waals surface area contributed by atoms with Gasteiger partial charge in [0.1, 0.15) is 0 Å². The molecular weight excluding hydrogens is 264 g/mol. The summed E-state index contributed by atoms with van der Waals surface area (Å²) in [6.07, 6.45) is 7.35. The Morgan fingerprint density at radius 1 is 1.38 bits per heavy atom. The number of hydrogen-bond donors (Lipinski definition) is 0. The molecule has 21 heavy (non-hydrogen) atoms. The minimum atomic E-state index is -0.187. The maximum Gasteiger partial charge on any atom is 0.302 e. The lowest BCUT2D eigenvalue weighted by atomic mass is 9.53. The Morgan fingerprint density at radius 2 is 2.05 bits per heavy atom. The van der Waals surface area contributed by atoms with Gasteiger partial charge in [0.2, 0.25) is 0 Å². The standard InChI is InChI=1S/C18H28O3/c1-12-9-13(2)17(10-20-15(4)19)11-21-18(7-5-6-8-18)16(12)14(17)3/h9,13-14,16H,5-8,10-11H2,1-4H3/t13-,14+,16+,17-/m1/s1. The fourth-order valence-electron chi connectivity index (χ4n) is 5.28. The second-order valence-corrected chi connectivity index (χ2v) is 7.54. The Kier molecular flexibility index (Phi) is 3.67. The van der Waals surface area contributed by atoms with Crippen molar-refractivity contribution in [3.63, 3.8) is 0 Å². The van der Waals surface area contributed by atoms with Crippen molar-refractivity contribution < 1.29 is 14.3 Å². The summed E-state index contributed by atoms with van der Waals surface area (Å²) in [7, 11) is 0. The quantitative estimate of drug-likeness (QED) is 0.574. The van der Waals surface area contributed by atoms with Gasteiger partial charge < -0.3 is 9.47 Å². The van der Waals surface area contributed by atoms with E-state index in [-0.39, 0.29) is 17.0 Å². The van der Waals surface area contributed by atoms with Crippen LogP contribution in [0, 0.1) is 23.2 Å². The maximum absolute atomic E-state index is 11.3. The van der Waals surface area contributed by atoms with Crippen LogP contribution in [0.5, 0.6) is 0 Å². The monoisotopic (exact) mass is 292 g/mol. The summed E-state index contributed by atoms with van der Waals surface area (Å²) in [6, 6.07) is 0. The first-order valence-corrected chi connectivity index (χ1v) is 8.37. The Morgan fingerprint density at radius 3 is 2.67 bits per heavy atom. The summed E-state index contributed by atoms with van der Waals surface area (Å²) in [6.45, 7) is 9.57. The van der Waals surface area contributed by atoms with Gasteiger partial charge in [-0.3, -0.25) is 4.79 Å².